The molecule has 0 fully saturated rings. The van der Waals surface area contributed by atoms with Crippen LogP contribution in [0.5, 0.6) is 0 Å². The van der Waals surface area contributed by atoms with E-state index in [1.165, 1.54) is 4.90 Å². The Hall–Kier alpha value is -1.03. The quantitative estimate of drug-likeness (QED) is 0.577. The van der Waals surface area contributed by atoms with Crippen LogP contribution in [0.1, 0.15) is 34.1 Å². The van der Waals surface area contributed by atoms with Gasteiger partial charge in [-0.3, -0.25) is 4.90 Å². The summed E-state index contributed by atoms with van der Waals surface area (Å²) < 4.78 is 5.12. The highest BCUT2D eigenvalue weighted by molar-refractivity contribution is 5.67. The normalized spacial score (nSPS) is 11.0. The summed E-state index contributed by atoms with van der Waals surface area (Å²) in [6.07, 6.45) is 0.172. The second-order valence-corrected chi connectivity index (χ2v) is 4.59. The van der Waals surface area contributed by atoms with Gasteiger partial charge in [-0.2, -0.15) is 0 Å². The number of carbonyl (C=O) groups is 1. The van der Waals surface area contributed by atoms with E-state index in [0.29, 0.717) is 13.0 Å². The molecule has 0 aliphatic carbocycles. The largest absolute Gasteiger partial charge is 0.444 e. The molecule has 4 nitrogen and oxygen atoms in total. The van der Waals surface area contributed by atoms with Crippen molar-refractivity contribution in [3.8, 4) is 0 Å². The topological polar surface area (TPSA) is 49.8 Å². The Balaban J connectivity index is 4.16. The zero-order chi connectivity index (χ0) is 12.1. The van der Waals surface area contributed by atoms with Gasteiger partial charge in [0.25, 0.3) is 0 Å². The van der Waals surface area contributed by atoms with Gasteiger partial charge in [-0.25, -0.2) is 4.79 Å². The van der Waals surface area contributed by atoms with Crippen LogP contribution in [0.4, 0.5) is 4.79 Å². The number of carbonyl (C=O) groups excluding carboxylic acids is 1. The van der Waals surface area contributed by atoms with E-state index in [2.05, 4.69) is 6.58 Å². The molecule has 0 saturated heterocycles. The number of amides is 1. The Kier molecular flexibility index (Phi) is 5.36. The lowest BCUT2D eigenvalue weighted by Crippen LogP contribution is -2.38. The Morgan fingerprint density at radius 1 is 1.47 bits per heavy atom. The predicted octanol–water partition coefficient (Wildman–Crippen LogP) is 2.14. The number of nitrogens with zero attached hydrogens (tertiary/aromatic N) is 1. The molecule has 0 spiro atoms. The molecule has 88 valence electrons. The van der Waals surface area contributed by atoms with Crippen LogP contribution < -0.4 is 0 Å². The highest BCUT2D eigenvalue weighted by Gasteiger charge is 2.21. The summed E-state index contributed by atoms with van der Waals surface area (Å²) in [7, 11) is 0. The molecule has 0 aliphatic rings. The van der Waals surface area contributed by atoms with Crippen molar-refractivity contribution in [2.45, 2.75) is 39.7 Å². The van der Waals surface area contributed by atoms with Crippen molar-refractivity contribution < 1.29 is 14.6 Å². The summed E-state index contributed by atoms with van der Waals surface area (Å²) >= 11 is 0. The number of hydrogen-bond acceptors (Lipinski definition) is 3. The van der Waals surface area contributed by atoms with E-state index in [1.54, 1.807) is 20.8 Å². The van der Waals surface area contributed by atoms with Crippen molar-refractivity contribution >= 4 is 6.09 Å². The van der Waals surface area contributed by atoms with E-state index in [0.717, 1.165) is 5.57 Å². The first-order valence-electron chi connectivity index (χ1n) is 4.99. The molecule has 1 amide bonds. The summed E-state index contributed by atoms with van der Waals surface area (Å²) in [5, 5.41) is 9.00. The molecule has 0 aromatic carbocycles. The van der Waals surface area contributed by atoms with E-state index < -0.39 is 11.7 Å². The molecule has 0 radical (unpaired) electrons. The van der Waals surface area contributed by atoms with Gasteiger partial charge in [0, 0.05) is 6.54 Å². The van der Waals surface area contributed by atoms with E-state index in [4.69, 9.17) is 9.84 Å². The van der Waals surface area contributed by atoms with Gasteiger partial charge in [0.15, 0.2) is 0 Å². The van der Waals surface area contributed by atoms with Crippen molar-refractivity contribution in [3.63, 3.8) is 0 Å². The van der Waals surface area contributed by atoms with Gasteiger partial charge in [0.2, 0.25) is 0 Å². The molecule has 0 atom stereocenters. The molecule has 4 heteroatoms. The van der Waals surface area contributed by atoms with Gasteiger partial charge in [0.05, 0.1) is 0 Å². The molecule has 0 heterocycles. The maximum atomic E-state index is 11.5. The molecule has 0 unspecified atom stereocenters. The van der Waals surface area contributed by atoms with E-state index >= 15 is 0 Å². The lowest BCUT2D eigenvalue weighted by atomic mass is 10.2. The number of ether oxygens (including phenoxy) is 1. The average Bonchev–Trinajstić information content (AvgIpc) is 2.01. The number of aliphatic hydroxyl groups is 1. The minimum atomic E-state index is -0.534. The zero-order valence-electron chi connectivity index (χ0n) is 10.0. The predicted molar refractivity (Wildman–Crippen MR) is 59.5 cm³/mol. The van der Waals surface area contributed by atoms with Crippen LogP contribution in [0.15, 0.2) is 12.2 Å². The third-order valence-electron chi connectivity index (χ3n) is 1.63. The van der Waals surface area contributed by atoms with Gasteiger partial charge in [0.1, 0.15) is 12.3 Å². The smallest absolute Gasteiger partial charge is 0.412 e. The molecule has 0 aromatic heterocycles. The highest BCUT2D eigenvalue weighted by atomic mass is 16.6. The summed E-state index contributed by atoms with van der Waals surface area (Å²) in [6.45, 7) is 11.1. The Bertz CT molecular complexity index is 230. The zero-order valence-corrected chi connectivity index (χ0v) is 10.0. The summed E-state index contributed by atoms with van der Waals surface area (Å²) in [4.78, 5) is 12.8. The second kappa shape index (κ2) is 5.75. The van der Waals surface area contributed by atoms with Crippen molar-refractivity contribution in [2.24, 2.45) is 0 Å². The third-order valence-corrected chi connectivity index (χ3v) is 1.63. The Labute approximate surface area is 91.5 Å². The number of aliphatic hydroxyl groups excluding tert-OH is 1. The summed E-state index contributed by atoms with van der Waals surface area (Å²) in [5.74, 6) is 0. The molecule has 0 bridgehead atoms. The lowest BCUT2D eigenvalue weighted by Gasteiger charge is -2.25. The van der Waals surface area contributed by atoms with Crippen LogP contribution in [-0.2, 0) is 4.74 Å². The lowest BCUT2D eigenvalue weighted by molar-refractivity contribution is 0.00663. The van der Waals surface area contributed by atoms with Gasteiger partial charge >= 0.3 is 6.09 Å². The van der Waals surface area contributed by atoms with Crippen LogP contribution >= 0.6 is 0 Å². The minimum absolute atomic E-state index is 0.331. The van der Waals surface area contributed by atoms with Crippen molar-refractivity contribution in [2.75, 3.05) is 13.3 Å². The number of rotatable bonds is 4. The SMILES string of the molecule is C=C(C)CCN(CO)C(=O)OC(C)(C)C. The van der Waals surface area contributed by atoms with Crippen LogP contribution in [0.2, 0.25) is 0 Å². The van der Waals surface area contributed by atoms with Gasteiger partial charge in [-0.1, -0.05) is 5.57 Å². The molecule has 0 aliphatic heterocycles. The third kappa shape index (κ3) is 6.96. The number of hydrogen-bond donors (Lipinski definition) is 1. The Morgan fingerprint density at radius 2 is 2.00 bits per heavy atom. The molecular weight excluding hydrogens is 194 g/mol. The first-order chi connectivity index (χ1) is 6.76. The first-order valence-corrected chi connectivity index (χ1v) is 4.99. The van der Waals surface area contributed by atoms with Crippen molar-refractivity contribution in [1.29, 1.82) is 0 Å². The Morgan fingerprint density at radius 3 is 2.33 bits per heavy atom. The van der Waals surface area contributed by atoms with E-state index in [9.17, 15) is 4.79 Å². The molecular formula is C11H21NO3. The maximum absolute atomic E-state index is 11.5. The second-order valence-electron chi connectivity index (χ2n) is 4.59. The first kappa shape index (κ1) is 14.0. The van der Waals surface area contributed by atoms with Gasteiger partial charge < -0.3 is 9.84 Å². The van der Waals surface area contributed by atoms with Gasteiger partial charge in [-0.15, -0.1) is 6.58 Å². The van der Waals surface area contributed by atoms with Gasteiger partial charge in [-0.05, 0) is 34.1 Å². The highest BCUT2D eigenvalue weighted by Crippen LogP contribution is 2.10. The van der Waals surface area contributed by atoms with Crippen LogP contribution in [-0.4, -0.2) is 35.0 Å². The van der Waals surface area contributed by atoms with Crippen molar-refractivity contribution in [3.05, 3.63) is 12.2 Å². The minimum Gasteiger partial charge on any atom is -0.444 e. The summed E-state index contributed by atoms with van der Waals surface area (Å²) in [5.41, 5.74) is 0.435. The molecule has 1 N–H and O–H groups in total. The molecule has 0 rings (SSSR count). The standard InChI is InChI=1S/C11H21NO3/c1-9(2)6-7-12(8-13)10(14)15-11(3,4)5/h13H,1,6-8H2,2-5H3. The van der Waals surface area contributed by atoms with Crippen LogP contribution in [0.25, 0.3) is 0 Å². The fourth-order valence-corrected chi connectivity index (χ4v) is 0.872. The van der Waals surface area contributed by atoms with E-state index in [1.807, 2.05) is 6.92 Å². The monoisotopic (exact) mass is 215 g/mol. The van der Waals surface area contributed by atoms with Crippen molar-refractivity contribution in [1.82, 2.24) is 4.90 Å². The van der Waals surface area contributed by atoms with Crippen LogP contribution in [0.3, 0.4) is 0 Å². The average molecular weight is 215 g/mol. The van der Waals surface area contributed by atoms with E-state index in [-0.39, 0.29) is 6.73 Å². The fraction of sp³-hybridized carbons (Fsp3) is 0.727. The molecule has 0 saturated carbocycles. The molecule has 15 heavy (non-hydrogen) atoms. The summed E-state index contributed by atoms with van der Waals surface area (Å²) in [6, 6.07) is 0. The maximum Gasteiger partial charge on any atom is 0.412 e. The molecule has 0 aromatic rings. The van der Waals surface area contributed by atoms with Crippen LogP contribution in [0, 0.1) is 0 Å². The fourth-order valence-electron chi connectivity index (χ4n) is 0.872.